The van der Waals surface area contributed by atoms with Crippen molar-refractivity contribution in [3.05, 3.63) is 0 Å². The Bertz CT molecular complexity index is 253. The molecule has 0 aromatic carbocycles. The van der Waals surface area contributed by atoms with Gasteiger partial charge in [0.25, 0.3) is 0 Å². The smallest absolute Gasteiger partial charge is 0.334 e. The number of rotatable bonds is 4. The lowest BCUT2D eigenvalue weighted by molar-refractivity contribution is -0.264. The molecule has 0 bridgehead atoms. The number of hydrogen-bond acceptors (Lipinski definition) is 6. The molecule has 1 N–H and O–H groups in total. The summed E-state index contributed by atoms with van der Waals surface area (Å²) in [7, 11) is 0. The van der Waals surface area contributed by atoms with Crippen LogP contribution in [0.1, 0.15) is 52.4 Å². The minimum atomic E-state index is -0.991. The summed E-state index contributed by atoms with van der Waals surface area (Å²) < 4.78 is 21.1. The van der Waals surface area contributed by atoms with Crippen LogP contribution in [0.5, 0.6) is 0 Å². The van der Waals surface area contributed by atoms with Gasteiger partial charge in [-0.15, -0.1) is 0 Å². The van der Waals surface area contributed by atoms with Gasteiger partial charge in [0.2, 0.25) is 0 Å². The standard InChI is InChI=1S/C10H18O3.C5H10O3/c1-3-7-11-9(5-1)13-10-6-2-4-8-12-10;1-3-8-5(7)4(2)6/h9-10H,1-8H2;4,6H,3H2,1-2H3. The maximum atomic E-state index is 10.3. The zero-order chi connectivity index (χ0) is 15.5. The summed E-state index contributed by atoms with van der Waals surface area (Å²) in [6.45, 7) is 5.08. The van der Waals surface area contributed by atoms with Crippen LogP contribution >= 0.6 is 0 Å². The van der Waals surface area contributed by atoms with Gasteiger partial charge in [-0.2, -0.15) is 0 Å². The van der Waals surface area contributed by atoms with Gasteiger partial charge in [0, 0.05) is 13.2 Å². The third-order valence-electron chi connectivity index (χ3n) is 3.21. The third-order valence-corrected chi connectivity index (χ3v) is 3.21. The van der Waals surface area contributed by atoms with Gasteiger partial charge < -0.3 is 24.1 Å². The van der Waals surface area contributed by atoms with Crippen LogP contribution in [0.4, 0.5) is 0 Å². The van der Waals surface area contributed by atoms with E-state index in [1.54, 1.807) is 6.92 Å². The quantitative estimate of drug-likeness (QED) is 0.801. The number of hydrogen-bond donors (Lipinski definition) is 1. The normalized spacial score (nSPS) is 27.2. The fourth-order valence-corrected chi connectivity index (χ4v) is 2.07. The molecule has 6 nitrogen and oxygen atoms in total. The second-order valence-electron chi connectivity index (χ2n) is 5.16. The molecule has 2 heterocycles. The van der Waals surface area contributed by atoms with Gasteiger partial charge in [-0.25, -0.2) is 4.79 Å². The Morgan fingerprint density at radius 3 is 1.95 bits per heavy atom. The Hall–Kier alpha value is -0.690. The van der Waals surface area contributed by atoms with Crippen LogP contribution in [-0.2, 0) is 23.7 Å². The first kappa shape index (κ1) is 18.4. The highest BCUT2D eigenvalue weighted by Crippen LogP contribution is 2.20. The first-order chi connectivity index (χ1) is 10.1. The molecule has 0 aliphatic carbocycles. The molecule has 3 atom stereocenters. The molecule has 2 aliphatic rings. The van der Waals surface area contributed by atoms with E-state index in [4.69, 9.17) is 19.3 Å². The molecule has 2 saturated heterocycles. The predicted octanol–water partition coefficient (Wildman–Crippen LogP) is 1.99. The van der Waals surface area contributed by atoms with E-state index in [9.17, 15) is 4.79 Å². The lowest BCUT2D eigenvalue weighted by Gasteiger charge is -2.29. The number of carbonyl (C=O) groups excluding carboxylic acids is 1. The Kier molecular flexibility index (Phi) is 9.58. The number of carbonyl (C=O) groups is 1. The monoisotopic (exact) mass is 304 g/mol. The minimum Gasteiger partial charge on any atom is -0.464 e. The van der Waals surface area contributed by atoms with Gasteiger partial charge in [-0.1, -0.05) is 0 Å². The molecule has 21 heavy (non-hydrogen) atoms. The Balaban J connectivity index is 0.000000240. The van der Waals surface area contributed by atoms with E-state index < -0.39 is 12.1 Å². The van der Waals surface area contributed by atoms with E-state index in [-0.39, 0.29) is 12.6 Å². The van der Waals surface area contributed by atoms with E-state index in [0.29, 0.717) is 6.61 Å². The molecule has 6 heteroatoms. The van der Waals surface area contributed by atoms with Crippen molar-refractivity contribution in [3.63, 3.8) is 0 Å². The molecule has 2 aliphatic heterocycles. The second kappa shape index (κ2) is 11.0. The van der Waals surface area contributed by atoms with Crippen molar-refractivity contribution in [2.24, 2.45) is 0 Å². The van der Waals surface area contributed by atoms with Gasteiger partial charge in [0.1, 0.15) is 6.10 Å². The van der Waals surface area contributed by atoms with Crippen molar-refractivity contribution < 1.29 is 28.8 Å². The molecule has 0 aromatic rings. The third kappa shape index (κ3) is 8.36. The number of aliphatic hydroxyl groups excluding tert-OH is 1. The van der Waals surface area contributed by atoms with Crippen molar-refractivity contribution in [1.29, 1.82) is 0 Å². The Morgan fingerprint density at radius 2 is 1.67 bits per heavy atom. The van der Waals surface area contributed by atoms with Crippen LogP contribution < -0.4 is 0 Å². The van der Waals surface area contributed by atoms with Crippen molar-refractivity contribution in [3.8, 4) is 0 Å². The van der Waals surface area contributed by atoms with Crippen molar-refractivity contribution in [2.75, 3.05) is 19.8 Å². The van der Waals surface area contributed by atoms with Gasteiger partial charge in [0.15, 0.2) is 12.6 Å². The van der Waals surface area contributed by atoms with Crippen LogP contribution in [0.15, 0.2) is 0 Å². The van der Waals surface area contributed by atoms with E-state index in [2.05, 4.69) is 4.74 Å². The van der Waals surface area contributed by atoms with E-state index in [0.717, 1.165) is 26.1 Å². The van der Waals surface area contributed by atoms with Gasteiger partial charge in [-0.3, -0.25) is 0 Å². The number of aliphatic hydroxyl groups is 1. The SMILES string of the molecule is C1CCC(OC2CCCCO2)OC1.CCOC(=O)C(C)O. The predicted molar refractivity (Wildman–Crippen MR) is 76.6 cm³/mol. The highest BCUT2D eigenvalue weighted by Gasteiger charge is 2.21. The fraction of sp³-hybridized carbons (Fsp3) is 0.933. The number of ether oxygens (including phenoxy) is 4. The van der Waals surface area contributed by atoms with Crippen LogP contribution in [0.25, 0.3) is 0 Å². The molecule has 0 aromatic heterocycles. The summed E-state index contributed by atoms with van der Waals surface area (Å²) in [6, 6.07) is 0. The van der Waals surface area contributed by atoms with Gasteiger partial charge in [-0.05, 0) is 52.4 Å². The molecule has 124 valence electrons. The highest BCUT2D eigenvalue weighted by atomic mass is 16.8. The zero-order valence-corrected chi connectivity index (χ0v) is 13.1. The Morgan fingerprint density at radius 1 is 1.14 bits per heavy atom. The minimum absolute atomic E-state index is 0.00292. The average Bonchev–Trinajstić information content (AvgIpc) is 2.50. The van der Waals surface area contributed by atoms with Crippen molar-refractivity contribution in [1.82, 2.24) is 0 Å². The molecule has 0 radical (unpaired) electrons. The highest BCUT2D eigenvalue weighted by molar-refractivity contribution is 5.73. The van der Waals surface area contributed by atoms with Crippen molar-refractivity contribution in [2.45, 2.75) is 71.1 Å². The molecule has 0 saturated carbocycles. The summed E-state index contributed by atoms with van der Waals surface area (Å²) in [5.74, 6) is -0.562. The lowest BCUT2D eigenvalue weighted by Crippen LogP contribution is -2.31. The summed E-state index contributed by atoms with van der Waals surface area (Å²) in [5, 5.41) is 8.48. The van der Waals surface area contributed by atoms with E-state index >= 15 is 0 Å². The van der Waals surface area contributed by atoms with Crippen LogP contribution in [0.3, 0.4) is 0 Å². The maximum Gasteiger partial charge on any atom is 0.334 e. The zero-order valence-electron chi connectivity index (χ0n) is 13.1. The largest absolute Gasteiger partial charge is 0.464 e. The summed E-state index contributed by atoms with van der Waals surface area (Å²) in [4.78, 5) is 10.3. The lowest BCUT2D eigenvalue weighted by atomic mass is 10.2. The van der Waals surface area contributed by atoms with Crippen LogP contribution in [0, 0.1) is 0 Å². The van der Waals surface area contributed by atoms with E-state index in [1.165, 1.54) is 32.6 Å². The molecule has 0 amide bonds. The van der Waals surface area contributed by atoms with E-state index in [1.807, 2.05) is 0 Å². The molecule has 0 spiro atoms. The molecular formula is C15H28O6. The topological polar surface area (TPSA) is 74.2 Å². The van der Waals surface area contributed by atoms with Gasteiger partial charge in [0.05, 0.1) is 6.61 Å². The van der Waals surface area contributed by atoms with Crippen molar-refractivity contribution >= 4 is 5.97 Å². The van der Waals surface area contributed by atoms with Crippen LogP contribution in [0.2, 0.25) is 0 Å². The second-order valence-corrected chi connectivity index (χ2v) is 5.16. The first-order valence-corrected chi connectivity index (χ1v) is 7.86. The van der Waals surface area contributed by atoms with Gasteiger partial charge >= 0.3 is 5.97 Å². The molecular weight excluding hydrogens is 276 g/mol. The first-order valence-electron chi connectivity index (χ1n) is 7.86. The summed E-state index contributed by atoms with van der Waals surface area (Å²) >= 11 is 0. The average molecular weight is 304 g/mol. The molecule has 3 unspecified atom stereocenters. The molecule has 2 rings (SSSR count). The fourth-order valence-electron chi connectivity index (χ4n) is 2.07. The maximum absolute atomic E-state index is 10.3. The summed E-state index contributed by atoms with van der Waals surface area (Å²) in [5.41, 5.74) is 0. The van der Waals surface area contributed by atoms with Crippen LogP contribution in [-0.4, -0.2) is 49.6 Å². The number of esters is 1. The summed E-state index contributed by atoms with van der Waals surface area (Å²) in [6.07, 6.45) is 5.84. The molecule has 2 fully saturated rings. The Labute approximate surface area is 126 Å².